The minimum atomic E-state index is -3.72. The molecule has 1 unspecified atom stereocenters. The maximum Gasteiger partial charge on any atom is 0.242 e. The number of aromatic nitrogens is 1. The molecule has 2 rings (SSSR count). The number of sulfonamides is 1. The molecule has 0 aliphatic carbocycles. The van der Waals surface area contributed by atoms with Gasteiger partial charge in [0.05, 0.1) is 5.02 Å². The summed E-state index contributed by atoms with van der Waals surface area (Å²) < 4.78 is 28.1. The van der Waals surface area contributed by atoms with Gasteiger partial charge in [0.25, 0.3) is 0 Å². The molecular formula is C13H11BrCl2N2O2S. The first-order chi connectivity index (χ1) is 9.79. The monoisotopic (exact) mass is 408 g/mol. The highest BCUT2D eigenvalue weighted by Crippen LogP contribution is 2.24. The molecule has 0 radical (unpaired) electrons. The van der Waals surface area contributed by atoms with E-state index in [0.29, 0.717) is 0 Å². The van der Waals surface area contributed by atoms with E-state index in [1.54, 1.807) is 6.92 Å². The summed E-state index contributed by atoms with van der Waals surface area (Å²) in [5.74, 6) is 0. The van der Waals surface area contributed by atoms with Crippen molar-refractivity contribution >= 4 is 49.2 Å². The molecule has 112 valence electrons. The van der Waals surface area contributed by atoms with Crippen molar-refractivity contribution in [2.24, 2.45) is 0 Å². The lowest BCUT2D eigenvalue weighted by Crippen LogP contribution is -2.27. The van der Waals surface area contributed by atoms with Crippen LogP contribution in [0.3, 0.4) is 0 Å². The molecule has 0 aliphatic heterocycles. The Morgan fingerprint density at radius 3 is 2.43 bits per heavy atom. The molecule has 1 atom stereocenters. The van der Waals surface area contributed by atoms with Gasteiger partial charge in [0.15, 0.2) is 0 Å². The summed E-state index contributed by atoms with van der Waals surface area (Å²) in [6.45, 7) is 1.76. The van der Waals surface area contributed by atoms with Gasteiger partial charge in [-0.15, -0.1) is 0 Å². The van der Waals surface area contributed by atoms with Crippen molar-refractivity contribution in [3.63, 3.8) is 0 Å². The zero-order valence-corrected chi connectivity index (χ0v) is 14.8. The van der Waals surface area contributed by atoms with E-state index in [4.69, 9.17) is 23.2 Å². The van der Waals surface area contributed by atoms with Crippen LogP contribution in [0, 0.1) is 0 Å². The van der Waals surface area contributed by atoms with Gasteiger partial charge in [-0.2, -0.15) is 0 Å². The van der Waals surface area contributed by atoms with Gasteiger partial charge < -0.3 is 0 Å². The number of hydrogen-bond acceptors (Lipinski definition) is 3. The number of hydrogen-bond donors (Lipinski definition) is 1. The summed E-state index contributed by atoms with van der Waals surface area (Å²) in [5, 5.41) is 0.160. The summed E-state index contributed by atoms with van der Waals surface area (Å²) in [6, 6.07) is 8.25. The van der Waals surface area contributed by atoms with Crippen LogP contribution in [0.1, 0.15) is 18.5 Å². The number of rotatable bonds is 4. The van der Waals surface area contributed by atoms with Crippen molar-refractivity contribution in [3.05, 3.63) is 56.7 Å². The number of nitrogens with one attached hydrogen (secondary N) is 1. The van der Waals surface area contributed by atoms with Crippen molar-refractivity contribution in [2.45, 2.75) is 17.9 Å². The second kappa shape index (κ2) is 6.62. The van der Waals surface area contributed by atoms with Crippen LogP contribution >= 0.6 is 39.1 Å². The Hall–Kier alpha value is -0.660. The Labute approximate surface area is 141 Å². The molecule has 1 heterocycles. The van der Waals surface area contributed by atoms with Crippen molar-refractivity contribution in [2.75, 3.05) is 0 Å². The van der Waals surface area contributed by atoms with Gasteiger partial charge >= 0.3 is 0 Å². The minimum absolute atomic E-state index is 0.0270. The average molecular weight is 410 g/mol. The van der Waals surface area contributed by atoms with Gasteiger partial charge in [-0.1, -0.05) is 51.3 Å². The number of benzene rings is 1. The Morgan fingerprint density at radius 1 is 1.24 bits per heavy atom. The molecule has 21 heavy (non-hydrogen) atoms. The SMILES string of the molecule is CC(NS(=O)(=O)c1cnc(Cl)c(Cl)c1)c1ccc(Br)cc1. The number of pyridine rings is 1. The highest BCUT2D eigenvalue weighted by Gasteiger charge is 2.20. The van der Waals surface area contributed by atoms with E-state index < -0.39 is 16.1 Å². The third-order valence-electron chi connectivity index (χ3n) is 2.78. The molecular weight excluding hydrogens is 399 g/mol. The largest absolute Gasteiger partial charge is 0.242 e. The molecule has 2 aromatic rings. The van der Waals surface area contributed by atoms with E-state index in [1.165, 1.54) is 12.3 Å². The highest BCUT2D eigenvalue weighted by molar-refractivity contribution is 9.10. The van der Waals surface area contributed by atoms with Gasteiger partial charge in [-0.05, 0) is 30.7 Å². The molecule has 0 amide bonds. The van der Waals surface area contributed by atoms with E-state index in [2.05, 4.69) is 25.6 Å². The topological polar surface area (TPSA) is 59.1 Å². The molecule has 0 bridgehead atoms. The van der Waals surface area contributed by atoms with Gasteiger partial charge in [0.1, 0.15) is 10.0 Å². The van der Waals surface area contributed by atoms with Crippen LogP contribution in [-0.4, -0.2) is 13.4 Å². The van der Waals surface area contributed by atoms with Crippen LogP contribution in [0.4, 0.5) is 0 Å². The Morgan fingerprint density at radius 2 is 1.86 bits per heavy atom. The third-order valence-corrected chi connectivity index (χ3v) is 5.51. The van der Waals surface area contributed by atoms with E-state index in [1.807, 2.05) is 24.3 Å². The molecule has 8 heteroatoms. The van der Waals surface area contributed by atoms with E-state index in [9.17, 15) is 8.42 Å². The fourth-order valence-electron chi connectivity index (χ4n) is 1.67. The van der Waals surface area contributed by atoms with E-state index >= 15 is 0 Å². The quantitative estimate of drug-likeness (QED) is 0.770. The van der Waals surface area contributed by atoms with Gasteiger partial charge in [0, 0.05) is 16.7 Å². The number of nitrogens with zero attached hydrogens (tertiary/aromatic N) is 1. The summed E-state index contributed by atoms with van der Waals surface area (Å²) in [6.07, 6.45) is 1.17. The van der Waals surface area contributed by atoms with Crippen LogP contribution in [0.25, 0.3) is 0 Å². The van der Waals surface area contributed by atoms with Crippen molar-refractivity contribution in [1.29, 1.82) is 0 Å². The Kier molecular flexibility index (Phi) is 5.27. The summed E-state index contributed by atoms with van der Waals surface area (Å²) in [4.78, 5) is 3.72. The third kappa shape index (κ3) is 4.17. The summed E-state index contributed by atoms with van der Waals surface area (Å²) >= 11 is 14.8. The Bertz CT molecular complexity index is 751. The second-order valence-corrected chi connectivity index (χ2v) is 7.73. The Balaban J connectivity index is 2.24. The zero-order chi connectivity index (χ0) is 15.6. The lowest BCUT2D eigenvalue weighted by molar-refractivity contribution is 0.566. The lowest BCUT2D eigenvalue weighted by Gasteiger charge is -2.15. The van der Waals surface area contributed by atoms with Gasteiger partial charge in [-0.25, -0.2) is 18.1 Å². The van der Waals surface area contributed by atoms with Crippen LogP contribution in [0.15, 0.2) is 45.9 Å². The predicted octanol–water partition coefficient (Wildman–Crippen LogP) is 4.19. The fourth-order valence-corrected chi connectivity index (χ4v) is 3.47. The maximum absolute atomic E-state index is 12.3. The molecule has 0 fully saturated rings. The first kappa shape index (κ1) is 16.7. The summed E-state index contributed by atoms with van der Waals surface area (Å²) in [5.41, 5.74) is 0.842. The lowest BCUT2D eigenvalue weighted by atomic mass is 10.1. The van der Waals surface area contributed by atoms with Gasteiger partial charge in [-0.3, -0.25) is 0 Å². The normalized spacial score (nSPS) is 13.1. The van der Waals surface area contributed by atoms with E-state index in [-0.39, 0.29) is 15.1 Å². The molecule has 4 nitrogen and oxygen atoms in total. The minimum Gasteiger partial charge on any atom is -0.242 e. The maximum atomic E-state index is 12.3. The highest BCUT2D eigenvalue weighted by atomic mass is 79.9. The van der Waals surface area contributed by atoms with Crippen LogP contribution in [-0.2, 0) is 10.0 Å². The molecule has 1 aromatic heterocycles. The molecule has 1 aromatic carbocycles. The zero-order valence-electron chi connectivity index (χ0n) is 10.8. The van der Waals surface area contributed by atoms with Crippen LogP contribution in [0.5, 0.6) is 0 Å². The van der Waals surface area contributed by atoms with E-state index in [0.717, 1.165) is 10.0 Å². The van der Waals surface area contributed by atoms with Crippen molar-refractivity contribution < 1.29 is 8.42 Å². The number of halogens is 3. The van der Waals surface area contributed by atoms with Crippen LogP contribution in [0.2, 0.25) is 10.2 Å². The van der Waals surface area contributed by atoms with Crippen molar-refractivity contribution in [1.82, 2.24) is 9.71 Å². The first-order valence-corrected chi connectivity index (χ1v) is 8.91. The van der Waals surface area contributed by atoms with Gasteiger partial charge in [0.2, 0.25) is 10.0 Å². The smallest absolute Gasteiger partial charge is 0.242 e. The summed E-state index contributed by atoms with van der Waals surface area (Å²) in [7, 11) is -3.72. The van der Waals surface area contributed by atoms with Crippen LogP contribution < -0.4 is 4.72 Å². The predicted molar refractivity (Wildman–Crippen MR) is 87.1 cm³/mol. The molecule has 0 saturated heterocycles. The molecule has 0 spiro atoms. The standard InChI is InChI=1S/C13H11BrCl2N2O2S/c1-8(9-2-4-10(14)5-3-9)18-21(19,20)11-6-12(15)13(16)17-7-11/h2-8,18H,1H3. The van der Waals surface area contributed by atoms with Crippen molar-refractivity contribution in [3.8, 4) is 0 Å². The first-order valence-electron chi connectivity index (χ1n) is 5.88. The average Bonchev–Trinajstić information content (AvgIpc) is 2.42. The molecule has 0 saturated carbocycles. The molecule has 1 N–H and O–H groups in total. The second-order valence-electron chi connectivity index (χ2n) is 4.34. The fraction of sp³-hybridized carbons (Fsp3) is 0.154. The molecule has 0 aliphatic rings.